The van der Waals surface area contributed by atoms with E-state index in [0.29, 0.717) is 31.2 Å². The number of fused-ring (bicyclic) bond motifs is 2. The SMILES string of the molecule is Cc1ccc(C(=N)OC(=N)C2CC2)cc1-c1ccc2c(c1)NC(=O)C21CCC(O)CC1. The maximum atomic E-state index is 12.9. The highest BCUT2D eigenvalue weighted by atomic mass is 16.5. The third kappa shape index (κ3) is 3.45. The molecular weight excluding hydrogens is 390 g/mol. The molecular formula is C25H27N3O3. The fourth-order valence-corrected chi connectivity index (χ4v) is 4.86. The lowest BCUT2D eigenvalue weighted by atomic mass is 9.69. The third-order valence-corrected chi connectivity index (χ3v) is 7.00. The minimum Gasteiger partial charge on any atom is -0.425 e. The maximum absolute atomic E-state index is 12.9. The predicted octanol–water partition coefficient (Wildman–Crippen LogP) is 4.52. The highest BCUT2D eigenvalue weighted by Gasteiger charge is 2.48. The molecule has 160 valence electrons. The first-order valence-electron chi connectivity index (χ1n) is 11.0. The lowest BCUT2D eigenvalue weighted by Crippen LogP contribution is -2.39. The Morgan fingerprint density at radius 3 is 2.55 bits per heavy atom. The summed E-state index contributed by atoms with van der Waals surface area (Å²) in [5, 5.41) is 29.2. The number of ether oxygens (including phenoxy) is 1. The van der Waals surface area contributed by atoms with Crippen molar-refractivity contribution in [2.24, 2.45) is 5.92 Å². The molecule has 0 bridgehead atoms. The van der Waals surface area contributed by atoms with Crippen molar-refractivity contribution in [1.82, 2.24) is 0 Å². The first kappa shape index (κ1) is 19.9. The van der Waals surface area contributed by atoms with Crippen molar-refractivity contribution in [3.63, 3.8) is 0 Å². The molecule has 0 aromatic heterocycles. The molecule has 1 aliphatic heterocycles. The van der Waals surface area contributed by atoms with E-state index in [1.807, 2.05) is 43.3 Å². The smallest absolute Gasteiger partial charge is 0.235 e. The highest BCUT2D eigenvalue weighted by molar-refractivity contribution is 6.07. The molecule has 1 heterocycles. The van der Waals surface area contributed by atoms with Gasteiger partial charge in [0.1, 0.15) is 0 Å². The van der Waals surface area contributed by atoms with Crippen molar-refractivity contribution in [1.29, 1.82) is 10.8 Å². The number of hydrogen-bond acceptors (Lipinski definition) is 5. The molecule has 2 aromatic rings. The summed E-state index contributed by atoms with van der Waals surface area (Å²) in [7, 11) is 0. The number of aryl methyl sites for hydroxylation is 1. The molecule has 2 fully saturated rings. The second-order valence-electron chi connectivity index (χ2n) is 9.13. The molecule has 0 radical (unpaired) electrons. The van der Waals surface area contributed by atoms with Gasteiger partial charge in [-0.3, -0.25) is 15.6 Å². The minimum absolute atomic E-state index is 0.00710. The monoisotopic (exact) mass is 417 g/mol. The molecule has 6 heteroatoms. The Morgan fingerprint density at radius 2 is 1.84 bits per heavy atom. The number of hydrogen-bond donors (Lipinski definition) is 4. The molecule has 2 aromatic carbocycles. The summed E-state index contributed by atoms with van der Waals surface area (Å²) in [4.78, 5) is 12.9. The van der Waals surface area contributed by atoms with Gasteiger partial charge in [-0.1, -0.05) is 18.2 Å². The van der Waals surface area contributed by atoms with Crippen LogP contribution in [0, 0.1) is 23.7 Å². The molecule has 0 atom stereocenters. The summed E-state index contributed by atoms with van der Waals surface area (Å²) in [5.41, 5.74) is 4.98. The predicted molar refractivity (Wildman–Crippen MR) is 120 cm³/mol. The Balaban J connectivity index is 1.45. The summed E-state index contributed by atoms with van der Waals surface area (Å²) in [5.74, 6) is 0.368. The van der Waals surface area contributed by atoms with Gasteiger partial charge in [0.05, 0.1) is 11.5 Å². The van der Waals surface area contributed by atoms with Crippen molar-refractivity contribution in [2.45, 2.75) is 57.0 Å². The summed E-state index contributed by atoms with van der Waals surface area (Å²) in [6.45, 7) is 2.02. The van der Waals surface area contributed by atoms with Crippen molar-refractivity contribution >= 4 is 23.4 Å². The van der Waals surface area contributed by atoms with Gasteiger partial charge in [-0.25, -0.2) is 0 Å². The van der Waals surface area contributed by atoms with Crippen molar-refractivity contribution in [2.75, 3.05) is 5.32 Å². The van der Waals surface area contributed by atoms with E-state index in [4.69, 9.17) is 15.6 Å². The van der Waals surface area contributed by atoms with Crippen molar-refractivity contribution < 1.29 is 14.6 Å². The average molecular weight is 418 g/mol. The van der Waals surface area contributed by atoms with Gasteiger partial charge >= 0.3 is 0 Å². The second-order valence-corrected chi connectivity index (χ2v) is 9.13. The van der Waals surface area contributed by atoms with Gasteiger partial charge < -0.3 is 15.2 Å². The van der Waals surface area contributed by atoms with Crippen LogP contribution in [-0.2, 0) is 14.9 Å². The van der Waals surface area contributed by atoms with Crippen molar-refractivity contribution in [3.8, 4) is 11.1 Å². The van der Waals surface area contributed by atoms with E-state index < -0.39 is 5.41 Å². The Hall–Kier alpha value is -2.99. The molecule has 5 rings (SSSR count). The normalized spacial score (nSPS) is 24.6. The van der Waals surface area contributed by atoms with Crippen LogP contribution in [0.2, 0.25) is 0 Å². The molecule has 0 saturated heterocycles. The number of rotatable bonds is 3. The van der Waals surface area contributed by atoms with E-state index in [-0.39, 0.29) is 29.7 Å². The Labute approximate surface area is 181 Å². The number of carbonyl (C=O) groups excluding carboxylic acids is 1. The summed E-state index contributed by atoms with van der Waals surface area (Å²) in [6, 6.07) is 11.8. The van der Waals surface area contributed by atoms with Crippen molar-refractivity contribution in [3.05, 3.63) is 53.1 Å². The van der Waals surface area contributed by atoms with E-state index in [1.165, 1.54) is 0 Å². The third-order valence-electron chi connectivity index (χ3n) is 7.00. The van der Waals surface area contributed by atoms with Crippen LogP contribution in [0.25, 0.3) is 11.1 Å². The van der Waals surface area contributed by atoms with Crippen LogP contribution < -0.4 is 5.32 Å². The molecule has 0 unspecified atom stereocenters. The zero-order valence-electron chi connectivity index (χ0n) is 17.6. The zero-order valence-corrected chi connectivity index (χ0v) is 17.6. The average Bonchev–Trinajstić information content (AvgIpc) is 3.57. The van der Waals surface area contributed by atoms with Gasteiger partial charge in [0.25, 0.3) is 0 Å². The topological polar surface area (TPSA) is 106 Å². The summed E-state index contributed by atoms with van der Waals surface area (Å²) in [6.07, 6.45) is 4.25. The number of aliphatic hydroxyl groups excluding tert-OH is 1. The van der Waals surface area contributed by atoms with Crippen LogP contribution in [0.1, 0.15) is 55.2 Å². The molecule has 6 nitrogen and oxygen atoms in total. The fourth-order valence-electron chi connectivity index (χ4n) is 4.86. The number of anilines is 1. The van der Waals surface area contributed by atoms with Crippen LogP contribution >= 0.6 is 0 Å². The molecule has 1 spiro atoms. The molecule has 2 aliphatic carbocycles. The second kappa shape index (κ2) is 7.31. The van der Waals surface area contributed by atoms with E-state index in [9.17, 15) is 9.90 Å². The number of nitrogens with one attached hydrogen (secondary N) is 3. The first-order valence-corrected chi connectivity index (χ1v) is 11.0. The van der Waals surface area contributed by atoms with Gasteiger partial charge in [-0.05, 0) is 85.9 Å². The van der Waals surface area contributed by atoms with Gasteiger partial charge in [0.2, 0.25) is 11.8 Å². The van der Waals surface area contributed by atoms with Crippen LogP contribution in [0.3, 0.4) is 0 Å². The van der Waals surface area contributed by atoms with Crippen LogP contribution in [0.15, 0.2) is 36.4 Å². The maximum Gasteiger partial charge on any atom is 0.235 e. The number of carbonyl (C=O) groups is 1. The zero-order chi connectivity index (χ0) is 21.8. The molecule has 3 aliphatic rings. The van der Waals surface area contributed by atoms with Gasteiger partial charge in [0.15, 0.2) is 5.90 Å². The highest BCUT2D eigenvalue weighted by Crippen LogP contribution is 2.48. The standard InChI is InChI=1S/C25H27N3O3/c1-14-2-3-17(23(27)31-22(26)15-4-5-15)12-19(14)16-6-7-20-21(13-16)28-24(30)25(20)10-8-18(29)9-11-25/h2-3,6-7,12-13,15,18,26-27,29H,4-5,8-11H2,1H3,(H,28,30). The fraction of sp³-hybridized carbons (Fsp3) is 0.400. The van der Waals surface area contributed by atoms with E-state index >= 15 is 0 Å². The molecule has 1 amide bonds. The molecule has 31 heavy (non-hydrogen) atoms. The van der Waals surface area contributed by atoms with Crippen LogP contribution in [-0.4, -0.2) is 28.9 Å². The Kier molecular flexibility index (Phi) is 4.70. The quantitative estimate of drug-likeness (QED) is 0.436. The summed E-state index contributed by atoms with van der Waals surface area (Å²) < 4.78 is 5.45. The van der Waals surface area contributed by atoms with E-state index in [2.05, 4.69) is 5.32 Å². The Bertz CT molecular complexity index is 1100. The number of amides is 1. The van der Waals surface area contributed by atoms with E-state index in [1.54, 1.807) is 0 Å². The lowest BCUT2D eigenvalue weighted by molar-refractivity contribution is -0.122. The van der Waals surface area contributed by atoms with Gasteiger partial charge in [-0.15, -0.1) is 0 Å². The lowest BCUT2D eigenvalue weighted by Gasteiger charge is -2.33. The number of benzene rings is 2. The van der Waals surface area contributed by atoms with Gasteiger partial charge in [-0.2, -0.15) is 0 Å². The number of aliphatic hydroxyl groups is 1. The molecule has 2 saturated carbocycles. The first-order chi connectivity index (χ1) is 14.9. The minimum atomic E-state index is -0.525. The molecule has 4 N–H and O–H groups in total. The van der Waals surface area contributed by atoms with Gasteiger partial charge in [0, 0.05) is 17.2 Å². The van der Waals surface area contributed by atoms with E-state index in [0.717, 1.165) is 40.8 Å². The summed E-state index contributed by atoms with van der Waals surface area (Å²) >= 11 is 0. The van der Waals surface area contributed by atoms with Crippen LogP contribution in [0.4, 0.5) is 5.69 Å². The Morgan fingerprint density at radius 1 is 1.10 bits per heavy atom. The largest absolute Gasteiger partial charge is 0.425 e. The van der Waals surface area contributed by atoms with Crippen LogP contribution in [0.5, 0.6) is 0 Å².